The molecule has 0 atom stereocenters. The van der Waals surface area contributed by atoms with Gasteiger partial charge >= 0.3 is 0 Å². The SMILES string of the molecule is C/C=C\C=N/c1ccc(Nc2ccccc2)cc1. The molecule has 1 N–H and O–H groups in total. The van der Waals surface area contributed by atoms with Crippen molar-refractivity contribution in [1.29, 1.82) is 0 Å². The number of allylic oxidation sites excluding steroid dienone is 2. The summed E-state index contributed by atoms with van der Waals surface area (Å²) in [6.07, 6.45) is 5.66. The van der Waals surface area contributed by atoms with Gasteiger partial charge in [-0.3, -0.25) is 4.99 Å². The summed E-state index contributed by atoms with van der Waals surface area (Å²) in [4.78, 5) is 4.30. The smallest absolute Gasteiger partial charge is 0.0631 e. The molecule has 2 heteroatoms. The van der Waals surface area contributed by atoms with E-state index in [1.165, 1.54) is 0 Å². The molecule has 0 fully saturated rings. The fraction of sp³-hybridized carbons (Fsp3) is 0.0625. The minimum Gasteiger partial charge on any atom is -0.356 e. The van der Waals surface area contributed by atoms with E-state index in [1.54, 1.807) is 6.21 Å². The van der Waals surface area contributed by atoms with Crippen molar-refractivity contribution >= 4 is 23.3 Å². The summed E-state index contributed by atoms with van der Waals surface area (Å²) in [5.41, 5.74) is 3.10. The first-order chi connectivity index (χ1) is 8.88. The summed E-state index contributed by atoms with van der Waals surface area (Å²) in [6, 6.07) is 18.1. The largest absolute Gasteiger partial charge is 0.356 e. The molecule has 0 aliphatic carbocycles. The van der Waals surface area contributed by atoms with E-state index in [1.807, 2.05) is 73.7 Å². The molecule has 0 saturated heterocycles. The Kier molecular flexibility index (Phi) is 4.31. The lowest BCUT2D eigenvalue weighted by atomic mass is 10.2. The summed E-state index contributed by atoms with van der Waals surface area (Å²) < 4.78 is 0. The van der Waals surface area contributed by atoms with Gasteiger partial charge in [0.15, 0.2) is 0 Å². The second kappa shape index (κ2) is 6.40. The highest BCUT2D eigenvalue weighted by molar-refractivity contribution is 5.74. The monoisotopic (exact) mass is 236 g/mol. The Labute approximate surface area is 108 Å². The standard InChI is InChI=1S/C16H16N2/c1-2-3-13-17-14-9-11-16(12-10-14)18-15-7-5-4-6-8-15/h2-13,18H,1H3/b3-2-,17-13-. The number of benzene rings is 2. The van der Waals surface area contributed by atoms with Crippen LogP contribution in [0.2, 0.25) is 0 Å². The Morgan fingerprint density at radius 1 is 0.889 bits per heavy atom. The van der Waals surface area contributed by atoms with E-state index in [4.69, 9.17) is 0 Å². The topological polar surface area (TPSA) is 24.4 Å². The molecule has 0 aromatic heterocycles. The van der Waals surface area contributed by atoms with Crippen LogP contribution in [0.5, 0.6) is 0 Å². The Morgan fingerprint density at radius 3 is 2.22 bits per heavy atom. The third-order valence-corrected chi connectivity index (χ3v) is 2.43. The van der Waals surface area contributed by atoms with Crippen LogP contribution >= 0.6 is 0 Å². The van der Waals surface area contributed by atoms with E-state index in [0.29, 0.717) is 0 Å². The zero-order valence-corrected chi connectivity index (χ0v) is 10.4. The van der Waals surface area contributed by atoms with Crippen molar-refractivity contribution in [2.75, 3.05) is 5.32 Å². The van der Waals surface area contributed by atoms with Gasteiger partial charge < -0.3 is 5.32 Å². The van der Waals surface area contributed by atoms with Gasteiger partial charge in [-0.25, -0.2) is 0 Å². The first kappa shape index (κ1) is 12.1. The van der Waals surface area contributed by atoms with Gasteiger partial charge in [-0.1, -0.05) is 24.3 Å². The van der Waals surface area contributed by atoms with Crippen molar-refractivity contribution < 1.29 is 0 Å². The lowest BCUT2D eigenvalue weighted by molar-refractivity contribution is 1.50. The molecule has 0 heterocycles. The summed E-state index contributed by atoms with van der Waals surface area (Å²) in [6.45, 7) is 1.97. The fourth-order valence-corrected chi connectivity index (χ4v) is 1.53. The number of rotatable bonds is 4. The minimum absolute atomic E-state index is 0.951. The van der Waals surface area contributed by atoms with Crippen LogP contribution in [0.4, 0.5) is 17.1 Å². The lowest BCUT2D eigenvalue weighted by Crippen LogP contribution is -1.88. The predicted octanol–water partition coefficient (Wildman–Crippen LogP) is 4.71. The van der Waals surface area contributed by atoms with Gasteiger partial charge in [0.25, 0.3) is 0 Å². The van der Waals surface area contributed by atoms with E-state index in [2.05, 4.69) is 10.3 Å². The number of hydrogen-bond donors (Lipinski definition) is 1. The quantitative estimate of drug-likeness (QED) is 0.764. The Morgan fingerprint density at radius 2 is 1.56 bits per heavy atom. The molecule has 2 aromatic carbocycles. The van der Waals surface area contributed by atoms with Crippen molar-refractivity contribution in [3.05, 3.63) is 66.7 Å². The second-order valence-electron chi connectivity index (χ2n) is 3.84. The van der Waals surface area contributed by atoms with Gasteiger partial charge in [-0.05, 0) is 49.4 Å². The van der Waals surface area contributed by atoms with Gasteiger partial charge in [0, 0.05) is 17.6 Å². The van der Waals surface area contributed by atoms with Crippen LogP contribution in [0.15, 0.2) is 71.7 Å². The van der Waals surface area contributed by atoms with Crippen LogP contribution in [-0.4, -0.2) is 6.21 Å². The molecule has 0 aliphatic heterocycles. The van der Waals surface area contributed by atoms with Gasteiger partial charge in [0.05, 0.1) is 5.69 Å². The second-order valence-corrected chi connectivity index (χ2v) is 3.84. The molecule has 0 bridgehead atoms. The number of hydrogen-bond acceptors (Lipinski definition) is 2. The fourth-order valence-electron chi connectivity index (χ4n) is 1.53. The number of nitrogens with one attached hydrogen (secondary N) is 1. The predicted molar refractivity (Wildman–Crippen MR) is 79.1 cm³/mol. The van der Waals surface area contributed by atoms with Gasteiger partial charge in [-0.2, -0.15) is 0 Å². The molecular formula is C16H16N2. The Hall–Kier alpha value is -2.35. The molecule has 90 valence electrons. The van der Waals surface area contributed by atoms with E-state index < -0.39 is 0 Å². The summed E-state index contributed by atoms with van der Waals surface area (Å²) >= 11 is 0. The van der Waals surface area contributed by atoms with Crippen molar-refractivity contribution in [2.45, 2.75) is 6.92 Å². The first-order valence-corrected chi connectivity index (χ1v) is 5.96. The van der Waals surface area contributed by atoms with E-state index >= 15 is 0 Å². The van der Waals surface area contributed by atoms with E-state index in [-0.39, 0.29) is 0 Å². The normalized spacial score (nSPS) is 11.2. The lowest BCUT2D eigenvalue weighted by Gasteiger charge is -2.05. The maximum atomic E-state index is 4.30. The van der Waals surface area contributed by atoms with Crippen LogP contribution in [0, 0.1) is 0 Å². The average Bonchev–Trinajstić information content (AvgIpc) is 2.42. The zero-order valence-electron chi connectivity index (χ0n) is 10.4. The highest BCUT2D eigenvalue weighted by Crippen LogP contribution is 2.19. The van der Waals surface area contributed by atoms with Crippen molar-refractivity contribution in [2.24, 2.45) is 4.99 Å². The number of aliphatic imine (C=N–C) groups is 1. The van der Waals surface area contributed by atoms with Gasteiger partial charge in [-0.15, -0.1) is 0 Å². The Bertz CT molecular complexity index is 525. The number of anilines is 2. The highest BCUT2D eigenvalue weighted by atomic mass is 14.9. The molecule has 2 nitrogen and oxygen atoms in total. The van der Waals surface area contributed by atoms with Crippen LogP contribution in [0.3, 0.4) is 0 Å². The molecule has 0 unspecified atom stereocenters. The van der Waals surface area contributed by atoms with Crippen molar-refractivity contribution in [3.8, 4) is 0 Å². The highest BCUT2D eigenvalue weighted by Gasteiger charge is 1.93. The summed E-state index contributed by atoms with van der Waals surface area (Å²) in [5, 5.41) is 3.33. The molecule has 0 radical (unpaired) electrons. The summed E-state index contributed by atoms with van der Waals surface area (Å²) in [7, 11) is 0. The molecule has 0 saturated carbocycles. The maximum Gasteiger partial charge on any atom is 0.0631 e. The molecule has 18 heavy (non-hydrogen) atoms. The number of nitrogens with zero attached hydrogens (tertiary/aromatic N) is 1. The van der Waals surface area contributed by atoms with Gasteiger partial charge in [0.1, 0.15) is 0 Å². The maximum absolute atomic E-state index is 4.30. The van der Waals surface area contributed by atoms with E-state index in [0.717, 1.165) is 17.1 Å². The molecule has 0 spiro atoms. The third-order valence-electron chi connectivity index (χ3n) is 2.43. The molecular weight excluding hydrogens is 220 g/mol. The molecule has 0 aliphatic rings. The molecule has 2 aromatic rings. The van der Waals surface area contributed by atoms with Gasteiger partial charge in [0.2, 0.25) is 0 Å². The summed E-state index contributed by atoms with van der Waals surface area (Å²) in [5.74, 6) is 0. The zero-order chi connectivity index (χ0) is 12.6. The average molecular weight is 236 g/mol. The van der Waals surface area contributed by atoms with Crippen LogP contribution in [0.25, 0.3) is 0 Å². The molecule has 2 rings (SSSR count). The molecule has 0 amide bonds. The van der Waals surface area contributed by atoms with Crippen LogP contribution in [0.1, 0.15) is 6.92 Å². The van der Waals surface area contributed by atoms with Crippen LogP contribution < -0.4 is 5.32 Å². The minimum atomic E-state index is 0.951. The number of para-hydroxylation sites is 1. The third kappa shape index (κ3) is 3.59. The van der Waals surface area contributed by atoms with E-state index in [9.17, 15) is 0 Å². The Balaban J connectivity index is 2.04. The van der Waals surface area contributed by atoms with Crippen LogP contribution in [-0.2, 0) is 0 Å². The van der Waals surface area contributed by atoms with Crippen molar-refractivity contribution in [1.82, 2.24) is 0 Å². The van der Waals surface area contributed by atoms with Crippen molar-refractivity contribution in [3.63, 3.8) is 0 Å². The first-order valence-electron chi connectivity index (χ1n) is 5.96.